The van der Waals surface area contributed by atoms with Crippen LogP contribution in [-0.2, 0) is 28.6 Å². The van der Waals surface area contributed by atoms with Gasteiger partial charge >= 0.3 is 11.9 Å². The number of hydrogen-bond acceptors (Lipinski definition) is 8. The largest absolute Gasteiger partial charge is 0.493 e. The van der Waals surface area contributed by atoms with Crippen LogP contribution in [0.3, 0.4) is 0 Å². The number of allylic oxidation sites excluding steroid dienone is 3. The zero-order valence-electron chi connectivity index (χ0n) is 21.8. The van der Waals surface area contributed by atoms with Gasteiger partial charge in [-0.25, -0.2) is 4.79 Å². The number of para-hydroxylation sites is 1. The Morgan fingerprint density at radius 3 is 2.56 bits per heavy atom. The molecule has 2 aliphatic rings. The first-order valence-corrected chi connectivity index (χ1v) is 12.6. The van der Waals surface area contributed by atoms with E-state index in [1.807, 2.05) is 38.1 Å². The van der Waals surface area contributed by atoms with E-state index >= 15 is 0 Å². The van der Waals surface area contributed by atoms with Gasteiger partial charge in [-0.1, -0.05) is 38.5 Å². The second-order valence-electron chi connectivity index (χ2n) is 9.11. The third kappa shape index (κ3) is 5.81. The standard InChI is InChI=1S/C28H37NO7/c1-6-8-13-35-21-12-10-9-11-19(21)24-23(28(32)36-15-14-34-7-2)18(4)29-20-16-17(3)22(27(31)33-5)26(30)25(20)24/h9-12,17,22,24,29H,6-8,13-16H2,1-5H3/t17-,22-,24-/m1/s1. The first kappa shape index (κ1) is 27.5. The molecule has 0 amide bonds. The van der Waals surface area contributed by atoms with Crippen LogP contribution in [0, 0.1) is 11.8 Å². The lowest BCUT2D eigenvalue weighted by Crippen LogP contribution is -2.43. The van der Waals surface area contributed by atoms with Crippen LogP contribution in [0.5, 0.6) is 5.75 Å². The SMILES string of the molecule is CCCCOc1ccccc1[C@@H]1C(C(=O)OCCOCC)=C(C)NC2=C1C(=O)[C@H](C(=O)OC)[C@H](C)C2. The van der Waals surface area contributed by atoms with E-state index in [0.717, 1.165) is 12.8 Å². The predicted molar refractivity (Wildman–Crippen MR) is 134 cm³/mol. The lowest BCUT2D eigenvalue weighted by molar-refractivity contribution is -0.151. The van der Waals surface area contributed by atoms with Crippen LogP contribution in [0.2, 0.25) is 0 Å². The summed E-state index contributed by atoms with van der Waals surface area (Å²) < 4.78 is 21.9. The molecule has 1 aliphatic carbocycles. The van der Waals surface area contributed by atoms with Crippen molar-refractivity contribution in [2.75, 3.05) is 33.5 Å². The monoisotopic (exact) mass is 499 g/mol. The minimum Gasteiger partial charge on any atom is -0.493 e. The highest BCUT2D eigenvalue weighted by Crippen LogP contribution is 2.47. The van der Waals surface area contributed by atoms with E-state index in [1.54, 1.807) is 6.92 Å². The minimum absolute atomic E-state index is 0.0898. The van der Waals surface area contributed by atoms with Crippen molar-refractivity contribution in [3.8, 4) is 5.75 Å². The van der Waals surface area contributed by atoms with Gasteiger partial charge in [0.25, 0.3) is 0 Å². The highest BCUT2D eigenvalue weighted by molar-refractivity contribution is 6.12. The van der Waals surface area contributed by atoms with Gasteiger partial charge in [-0.05, 0) is 38.7 Å². The van der Waals surface area contributed by atoms with Crippen LogP contribution in [0.1, 0.15) is 58.4 Å². The van der Waals surface area contributed by atoms with E-state index in [9.17, 15) is 14.4 Å². The molecule has 0 saturated heterocycles. The number of rotatable bonds is 11. The summed E-state index contributed by atoms with van der Waals surface area (Å²) >= 11 is 0. The minimum atomic E-state index is -0.945. The van der Waals surface area contributed by atoms with E-state index in [-0.39, 0.29) is 24.9 Å². The highest BCUT2D eigenvalue weighted by Gasteiger charge is 2.47. The van der Waals surface area contributed by atoms with Gasteiger partial charge < -0.3 is 24.3 Å². The summed E-state index contributed by atoms with van der Waals surface area (Å²) in [7, 11) is 1.28. The molecule has 8 heteroatoms. The topological polar surface area (TPSA) is 100 Å². The van der Waals surface area contributed by atoms with Crippen molar-refractivity contribution in [2.45, 2.75) is 52.9 Å². The van der Waals surface area contributed by atoms with Crippen molar-refractivity contribution >= 4 is 17.7 Å². The molecular formula is C28H37NO7. The number of nitrogens with one attached hydrogen (secondary N) is 1. The molecule has 0 spiro atoms. The number of benzene rings is 1. The normalized spacial score (nSPS) is 21.6. The van der Waals surface area contributed by atoms with Crippen LogP contribution in [0.15, 0.2) is 46.8 Å². The molecule has 8 nitrogen and oxygen atoms in total. The number of esters is 2. The van der Waals surface area contributed by atoms with Gasteiger partial charge in [0.1, 0.15) is 18.3 Å². The number of methoxy groups -OCH3 is 1. The average Bonchev–Trinajstić information content (AvgIpc) is 2.86. The van der Waals surface area contributed by atoms with Crippen LogP contribution in [0.25, 0.3) is 0 Å². The quantitative estimate of drug-likeness (QED) is 0.276. The van der Waals surface area contributed by atoms with Gasteiger partial charge in [0.2, 0.25) is 0 Å². The predicted octanol–water partition coefficient (Wildman–Crippen LogP) is 4.06. The van der Waals surface area contributed by atoms with Gasteiger partial charge in [-0.3, -0.25) is 9.59 Å². The summed E-state index contributed by atoms with van der Waals surface area (Å²) in [6, 6.07) is 7.42. The summed E-state index contributed by atoms with van der Waals surface area (Å²) in [5, 5.41) is 3.27. The lowest BCUT2D eigenvalue weighted by atomic mass is 9.69. The molecule has 0 bridgehead atoms. The number of carbonyl (C=O) groups excluding carboxylic acids is 3. The summed E-state index contributed by atoms with van der Waals surface area (Å²) in [6.45, 7) is 9.00. The third-order valence-electron chi connectivity index (χ3n) is 6.61. The van der Waals surface area contributed by atoms with Crippen molar-refractivity contribution < 1.29 is 33.3 Å². The lowest BCUT2D eigenvalue weighted by Gasteiger charge is -2.38. The van der Waals surface area contributed by atoms with E-state index in [4.69, 9.17) is 18.9 Å². The first-order valence-electron chi connectivity index (χ1n) is 12.6. The van der Waals surface area contributed by atoms with Crippen molar-refractivity contribution in [3.63, 3.8) is 0 Å². The van der Waals surface area contributed by atoms with E-state index in [2.05, 4.69) is 12.2 Å². The number of carbonyl (C=O) groups is 3. The zero-order chi connectivity index (χ0) is 26.2. The van der Waals surface area contributed by atoms with Crippen LogP contribution in [-0.4, -0.2) is 51.3 Å². The Morgan fingerprint density at radius 1 is 1.11 bits per heavy atom. The van der Waals surface area contributed by atoms with Crippen molar-refractivity contribution in [2.24, 2.45) is 11.8 Å². The Balaban J connectivity index is 2.11. The molecule has 0 aromatic heterocycles. The average molecular weight is 500 g/mol. The van der Waals surface area contributed by atoms with Gasteiger partial charge in [0, 0.05) is 29.1 Å². The molecule has 0 saturated carbocycles. The van der Waals surface area contributed by atoms with E-state index < -0.39 is 23.8 Å². The molecule has 0 fully saturated rings. The molecule has 36 heavy (non-hydrogen) atoms. The third-order valence-corrected chi connectivity index (χ3v) is 6.61. The summed E-state index contributed by atoms with van der Waals surface area (Å²) in [4.78, 5) is 39.9. The molecule has 3 atom stereocenters. The van der Waals surface area contributed by atoms with Crippen LogP contribution < -0.4 is 10.1 Å². The highest BCUT2D eigenvalue weighted by atomic mass is 16.6. The maximum atomic E-state index is 13.9. The first-order chi connectivity index (χ1) is 17.3. The zero-order valence-corrected chi connectivity index (χ0v) is 21.8. The van der Waals surface area contributed by atoms with Gasteiger partial charge in [0.15, 0.2) is 5.78 Å². The fourth-order valence-corrected chi connectivity index (χ4v) is 4.85. The number of unbranched alkanes of at least 4 members (excludes halogenated alkanes) is 1. The summed E-state index contributed by atoms with van der Waals surface area (Å²) in [6.07, 6.45) is 2.31. The summed E-state index contributed by atoms with van der Waals surface area (Å²) in [5.41, 5.74) is 2.72. The van der Waals surface area contributed by atoms with Crippen LogP contribution in [0.4, 0.5) is 0 Å². The van der Waals surface area contributed by atoms with Crippen molar-refractivity contribution in [3.05, 3.63) is 52.4 Å². The van der Waals surface area contributed by atoms with Crippen molar-refractivity contribution in [1.82, 2.24) is 5.32 Å². The molecule has 196 valence electrons. The number of dihydropyridines is 1. The second kappa shape index (κ2) is 12.7. The van der Waals surface area contributed by atoms with Gasteiger partial charge in [-0.15, -0.1) is 0 Å². The second-order valence-corrected chi connectivity index (χ2v) is 9.11. The molecule has 1 heterocycles. The fourth-order valence-electron chi connectivity index (χ4n) is 4.85. The Labute approximate surface area is 213 Å². The Kier molecular flexibility index (Phi) is 9.70. The van der Waals surface area contributed by atoms with E-state index in [0.29, 0.717) is 53.5 Å². The molecule has 0 unspecified atom stereocenters. The number of Topliss-reactive ketones (excluding diaryl/α,β-unsaturated/α-hetero) is 1. The van der Waals surface area contributed by atoms with Gasteiger partial charge in [-0.2, -0.15) is 0 Å². The fraction of sp³-hybridized carbons (Fsp3) is 0.536. The Hall–Kier alpha value is -3.13. The van der Waals surface area contributed by atoms with Gasteiger partial charge in [0.05, 0.1) is 31.8 Å². The molecule has 1 aromatic rings. The molecule has 1 aliphatic heterocycles. The number of ether oxygens (including phenoxy) is 4. The molecule has 3 rings (SSSR count). The number of ketones is 1. The molecular weight excluding hydrogens is 462 g/mol. The molecule has 1 N–H and O–H groups in total. The smallest absolute Gasteiger partial charge is 0.336 e. The molecule has 0 radical (unpaired) electrons. The van der Waals surface area contributed by atoms with E-state index in [1.165, 1.54) is 7.11 Å². The number of hydrogen-bond donors (Lipinski definition) is 1. The Bertz CT molecular complexity index is 1040. The summed E-state index contributed by atoms with van der Waals surface area (Å²) in [5.74, 6) is -2.80. The molecule has 1 aromatic carbocycles. The van der Waals surface area contributed by atoms with Crippen molar-refractivity contribution in [1.29, 1.82) is 0 Å². The maximum absolute atomic E-state index is 13.9. The maximum Gasteiger partial charge on any atom is 0.336 e. The van der Waals surface area contributed by atoms with Crippen LogP contribution >= 0.6 is 0 Å². The Morgan fingerprint density at radius 2 is 1.86 bits per heavy atom.